The third-order valence-electron chi connectivity index (χ3n) is 1.84. The number of methoxy groups -OCH3 is 1. The summed E-state index contributed by atoms with van der Waals surface area (Å²) in [6, 6.07) is 3.56. The van der Waals surface area contributed by atoms with Crippen molar-refractivity contribution >= 4 is 33.1 Å². The maximum absolute atomic E-state index is 5.91. The Kier molecular flexibility index (Phi) is 3.98. The van der Waals surface area contributed by atoms with Crippen LogP contribution in [0.5, 0.6) is 5.75 Å². The Morgan fingerprint density at radius 3 is 2.79 bits per heavy atom. The van der Waals surface area contributed by atoms with E-state index in [0.29, 0.717) is 17.3 Å². The van der Waals surface area contributed by atoms with E-state index in [1.165, 1.54) is 0 Å². The van der Waals surface area contributed by atoms with Crippen molar-refractivity contribution in [2.45, 2.75) is 0 Å². The van der Waals surface area contributed by atoms with Gasteiger partial charge in [-0.25, -0.2) is 0 Å². The molecule has 0 radical (unpaired) electrons. The van der Waals surface area contributed by atoms with E-state index in [4.69, 9.17) is 22.1 Å². The van der Waals surface area contributed by atoms with Gasteiger partial charge >= 0.3 is 0 Å². The topological polar surface area (TPSA) is 35.2 Å². The lowest BCUT2D eigenvalue weighted by atomic mass is 10.1. The first kappa shape index (κ1) is 11.6. The Bertz CT molecular complexity index is 365. The van der Waals surface area contributed by atoms with Gasteiger partial charge in [-0.05, 0) is 33.6 Å². The molecular weight excluding hydrogens is 265 g/mol. The second-order valence-corrected chi connectivity index (χ2v) is 4.07. The van der Waals surface area contributed by atoms with Crippen molar-refractivity contribution in [3.8, 4) is 5.75 Å². The maximum Gasteiger partial charge on any atom is 0.140 e. The minimum absolute atomic E-state index is 0.378. The standard InChI is InChI=1S/C10H11BrClNO/c1-6(5-13)8-3-7(12)4-9(11)10(8)14-2/h3-4H,1,5,13H2,2H3. The van der Waals surface area contributed by atoms with Crippen molar-refractivity contribution in [2.24, 2.45) is 5.73 Å². The number of benzene rings is 1. The SMILES string of the molecule is C=C(CN)c1cc(Cl)cc(Br)c1OC. The van der Waals surface area contributed by atoms with Crippen LogP contribution in [0.3, 0.4) is 0 Å². The largest absolute Gasteiger partial charge is 0.495 e. The average Bonchev–Trinajstić information content (AvgIpc) is 2.15. The van der Waals surface area contributed by atoms with Gasteiger partial charge in [0.1, 0.15) is 5.75 Å². The molecule has 0 bridgehead atoms. The van der Waals surface area contributed by atoms with Crippen molar-refractivity contribution in [3.05, 3.63) is 33.8 Å². The second kappa shape index (κ2) is 4.82. The van der Waals surface area contributed by atoms with Crippen LogP contribution in [0, 0.1) is 0 Å². The Labute approximate surface area is 96.8 Å². The molecule has 2 nitrogen and oxygen atoms in total. The Morgan fingerprint density at radius 2 is 2.29 bits per heavy atom. The van der Waals surface area contributed by atoms with Crippen LogP contribution in [0.4, 0.5) is 0 Å². The van der Waals surface area contributed by atoms with Gasteiger partial charge < -0.3 is 10.5 Å². The van der Waals surface area contributed by atoms with Gasteiger partial charge in [0.25, 0.3) is 0 Å². The zero-order valence-corrected chi connectivity index (χ0v) is 10.2. The molecule has 0 amide bonds. The summed E-state index contributed by atoms with van der Waals surface area (Å²) in [7, 11) is 1.60. The summed E-state index contributed by atoms with van der Waals surface area (Å²) in [4.78, 5) is 0. The van der Waals surface area contributed by atoms with E-state index in [0.717, 1.165) is 15.6 Å². The van der Waals surface area contributed by atoms with E-state index >= 15 is 0 Å². The van der Waals surface area contributed by atoms with Crippen molar-refractivity contribution in [1.82, 2.24) is 0 Å². The molecule has 0 saturated carbocycles. The van der Waals surface area contributed by atoms with Gasteiger partial charge in [-0.15, -0.1) is 0 Å². The minimum atomic E-state index is 0.378. The summed E-state index contributed by atoms with van der Waals surface area (Å²) in [6.45, 7) is 4.23. The molecule has 0 aliphatic rings. The molecule has 0 aliphatic heterocycles. The number of hydrogen-bond acceptors (Lipinski definition) is 2. The lowest BCUT2D eigenvalue weighted by Gasteiger charge is -2.12. The smallest absolute Gasteiger partial charge is 0.140 e. The van der Waals surface area contributed by atoms with E-state index in [1.807, 2.05) is 0 Å². The van der Waals surface area contributed by atoms with Crippen molar-refractivity contribution < 1.29 is 4.74 Å². The molecule has 0 aliphatic carbocycles. The molecule has 1 aromatic rings. The lowest BCUT2D eigenvalue weighted by molar-refractivity contribution is 0.411. The number of hydrogen-bond donors (Lipinski definition) is 1. The molecule has 1 rings (SSSR count). The van der Waals surface area contributed by atoms with Gasteiger partial charge in [0.15, 0.2) is 0 Å². The molecular formula is C10H11BrClNO. The van der Waals surface area contributed by atoms with Crippen molar-refractivity contribution in [3.63, 3.8) is 0 Å². The van der Waals surface area contributed by atoms with Crippen molar-refractivity contribution in [1.29, 1.82) is 0 Å². The number of rotatable bonds is 3. The van der Waals surface area contributed by atoms with E-state index in [1.54, 1.807) is 19.2 Å². The molecule has 2 N–H and O–H groups in total. The summed E-state index contributed by atoms with van der Waals surface area (Å²) < 4.78 is 6.04. The highest BCUT2D eigenvalue weighted by molar-refractivity contribution is 9.10. The number of nitrogens with two attached hydrogens (primary N) is 1. The van der Waals surface area contributed by atoms with Gasteiger partial charge in [0.2, 0.25) is 0 Å². The van der Waals surface area contributed by atoms with E-state index in [2.05, 4.69) is 22.5 Å². The highest BCUT2D eigenvalue weighted by Crippen LogP contribution is 2.35. The molecule has 0 spiro atoms. The van der Waals surface area contributed by atoms with Crippen LogP contribution in [0.25, 0.3) is 5.57 Å². The summed E-state index contributed by atoms with van der Waals surface area (Å²) >= 11 is 9.28. The van der Waals surface area contributed by atoms with Gasteiger partial charge in [0.05, 0.1) is 11.6 Å². The fraction of sp³-hybridized carbons (Fsp3) is 0.200. The van der Waals surface area contributed by atoms with E-state index in [-0.39, 0.29) is 0 Å². The minimum Gasteiger partial charge on any atom is -0.495 e. The summed E-state index contributed by atoms with van der Waals surface area (Å²) in [5, 5.41) is 0.627. The maximum atomic E-state index is 5.91. The first-order valence-electron chi connectivity index (χ1n) is 4.01. The van der Waals surface area contributed by atoms with Crippen LogP contribution in [0.2, 0.25) is 5.02 Å². The predicted octanol–water partition coefficient (Wildman–Crippen LogP) is 3.08. The van der Waals surface area contributed by atoms with Crippen LogP contribution >= 0.6 is 27.5 Å². The molecule has 14 heavy (non-hydrogen) atoms. The molecule has 4 heteroatoms. The molecule has 0 fully saturated rings. The predicted molar refractivity (Wildman–Crippen MR) is 63.8 cm³/mol. The van der Waals surface area contributed by atoms with Crippen LogP contribution in [0.1, 0.15) is 5.56 Å². The third kappa shape index (κ3) is 2.29. The Hall–Kier alpha value is -0.510. The van der Waals surface area contributed by atoms with Crippen LogP contribution in [-0.2, 0) is 0 Å². The Morgan fingerprint density at radius 1 is 1.64 bits per heavy atom. The molecule has 0 heterocycles. The number of ether oxygens (including phenoxy) is 1. The molecule has 0 saturated heterocycles. The molecule has 76 valence electrons. The fourth-order valence-corrected chi connectivity index (χ4v) is 2.11. The first-order chi connectivity index (χ1) is 6.60. The summed E-state index contributed by atoms with van der Waals surface area (Å²) in [5.74, 6) is 0.713. The first-order valence-corrected chi connectivity index (χ1v) is 5.18. The lowest BCUT2D eigenvalue weighted by Crippen LogP contribution is -2.03. The van der Waals surface area contributed by atoms with E-state index < -0.39 is 0 Å². The van der Waals surface area contributed by atoms with Crippen molar-refractivity contribution in [2.75, 3.05) is 13.7 Å². The molecule has 1 aromatic carbocycles. The van der Waals surface area contributed by atoms with Gasteiger partial charge in [0, 0.05) is 17.1 Å². The quantitative estimate of drug-likeness (QED) is 0.921. The van der Waals surface area contributed by atoms with Gasteiger partial charge in [-0.1, -0.05) is 18.2 Å². The van der Waals surface area contributed by atoms with Crippen LogP contribution in [-0.4, -0.2) is 13.7 Å². The van der Waals surface area contributed by atoms with Crippen LogP contribution in [0.15, 0.2) is 23.2 Å². The third-order valence-corrected chi connectivity index (χ3v) is 2.65. The van der Waals surface area contributed by atoms with E-state index in [9.17, 15) is 0 Å². The highest BCUT2D eigenvalue weighted by atomic mass is 79.9. The zero-order valence-electron chi connectivity index (χ0n) is 7.81. The monoisotopic (exact) mass is 275 g/mol. The Balaban J connectivity index is 3.32. The second-order valence-electron chi connectivity index (χ2n) is 2.78. The highest BCUT2D eigenvalue weighted by Gasteiger charge is 2.10. The summed E-state index contributed by atoms with van der Waals surface area (Å²) in [6.07, 6.45) is 0. The average molecular weight is 277 g/mol. The molecule has 0 atom stereocenters. The zero-order chi connectivity index (χ0) is 10.7. The molecule has 0 aromatic heterocycles. The van der Waals surface area contributed by atoms with Gasteiger partial charge in [-0.2, -0.15) is 0 Å². The van der Waals surface area contributed by atoms with Gasteiger partial charge in [-0.3, -0.25) is 0 Å². The van der Waals surface area contributed by atoms with Crippen LogP contribution < -0.4 is 10.5 Å². The normalized spacial score (nSPS) is 10.0. The fourth-order valence-electron chi connectivity index (χ4n) is 1.14. The summed E-state index contributed by atoms with van der Waals surface area (Å²) in [5.41, 5.74) is 7.15. The molecule has 0 unspecified atom stereocenters. The number of halogens is 2.